The summed E-state index contributed by atoms with van der Waals surface area (Å²) in [4.78, 5) is 25.2. The molecule has 2 aliphatic carbocycles. The summed E-state index contributed by atoms with van der Waals surface area (Å²) in [6.07, 6.45) is 13.1. The highest BCUT2D eigenvalue weighted by Crippen LogP contribution is 2.47. The van der Waals surface area contributed by atoms with Gasteiger partial charge in [0.2, 0.25) is 0 Å². The normalized spacial score (nSPS) is 26.3. The predicted octanol–water partition coefficient (Wildman–Crippen LogP) is 4.44. The van der Waals surface area contributed by atoms with Gasteiger partial charge in [0.15, 0.2) is 22.6 Å². The zero-order valence-electron chi connectivity index (χ0n) is 26.4. The third kappa shape index (κ3) is 5.36. The van der Waals surface area contributed by atoms with Gasteiger partial charge >= 0.3 is 6.09 Å². The quantitative estimate of drug-likeness (QED) is 0.194. The van der Waals surface area contributed by atoms with Crippen molar-refractivity contribution in [1.82, 2.24) is 54.4 Å². The molecule has 0 radical (unpaired) electrons. The number of ether oxygens (including phenoxy) is 2. The molecule has 7 heterocycles. The molecule has 4 N–H and O–H groups in total. The molecule has 3 fully saturated rings. The van der Waals surface area contributed by atoms with Crippen LogP contribution in [-0.2, 0) is 9.47 Å². The van der Waals surface area contributed by atoms with Gasteiger partial charge in [-0.1, -0.05) is 26.7 Å². The molecule has 15 nitrogen and oxygen atoms in total. The van der Waals surface area contributed by atoms with E-state index in [4.69, 9.17) is 14.6 Å². The first kappa shape index (κ1) is 29.8. The molecule has 1 aliphatic heterocycles. The van der Waals surface area contributed by atoms with E-state index in [1.807, 2.05) is 12.4 Å². The number of nitrogens with zero attached hydrogens (tertiary/aromatic N) is 8. The molecule has 0 spiro atoms. The Bertz CT molecular complexity index is 1900. The van der Waals surface area contributed by atoms with Crippen molar-refractivity contribution in [3.8, 4) is 0 Å². The second kappa shape index (κ2) is 12.2. The average Bonchev–Trinajstić information content (AvgIpc) is 3.88. The van der Waals surface area contributed by atoms with E-state index >= 15 is 0 Å². The van der Waals surface area contributed by atoms with E-state index in [9.17, 15) is 4.79 Å². The lowest BCUT2D eigenvalue weighted by Crippen LogP contribution is -2.48. The van der Waals surface area contributed by atoms with Crippen LogP contribution >= 0.6 is 0 Å². The number of carboxylic acid groups (broad SMARTS) is 1. The van der Waals surface area contributed by atoms with Crippen molar-refractivity contribution in [3.05, 3.63) is 48.6 Å². The summed E-state index contributed by atoms with van der Waals surface area (Å²) < 4.78 is 16.0. The van der Waals surface area contributed by atoms with E-state index in [1.54, 1.807) is 12.4 Å². The van der Waals surface area contributed by atoms with Crippen LogP contribution in [0.25, 0.3) is 33.6 Å². The van der Waals surface area contributed by atoms with Crippen molar-refractivity contribution in [2.24, 2.45) is 11.8 Å². The molecule has 0 bridgehead atoms. The molecule has 6 aromatic heterocycles. The van der Waals surface area contributed by atoms with Gasteiger partial charge in [0.1, 0.15) is 11.6 Å². The largest absolute Gasteiger partial charge is 0.465 e. The number of fused-ring (bicyclic) bond motifs is 6. The van der Waals surface area contributed by atoms with E-state index in [2.05, 4.69) is 80.4 Å². The minimum absolute atomic E-state index is 0.0347. The van der Waals surface area contributed by atoms with Crippen molar-refractivity contribution in [2.75, 3.05) is 13.2 Å². The lowest BCUT2D eigenvalue weighted by atomic mass is 9.93. The molecular weight excluding hydrogens is 602 g/mol. The molecule has 1 saturated heterocycles. The van der Waals surface area contributed by atoms with E-state index in [-0.39, 0.29) is 18.2 Å². The first-order valence-corrected chi connectivity index (χ1v) is 16.6. The summed E-state index contributed by atoms with van der Waals surface area (Å²) in [6, 6.07) is 4.15. The van der Waals surface area contributed by atoms with Crippen molar-refractivity contribution >= 4 is 39.7 Å². The fraction of sp³-hybridized carbons (Fsp3) is 0.531. The Hall–Kier alpha value is -4.63. The number of aromatic nitrogens is 10. The Morgan fingerprint density at radius 1 is 0.851 bits per heavy atom. The monoisotopic (exact) mass is 641 g/mol. The maximum atomic E-state index is 9.84. The number of aromatic amines is 2. The van der Waals surface area contributed by atoms with Crippen LogP contribution in [0.5, 0.6) is 0 Å². The topological polar surface area (TPSA) is 186 Å². The van der Waals surface area contributed by atoms with Crippen molar-refractivity contribution in [2.45, 2.75) is 82.5 Å². The summed E-state index contributed by atoms with van der Waals surface area (Å²) in [5.74, 6) is 3.71. The molecule has 9 rings (SSSR count). The zero-order valence-corrected chi connectivity index (χ0v) is 26.4. The fourth-order valence-corrected chi connectivity index (χ4v) is 7.95. The van der Waals surface area contributed by atoms with Crippen LogP contribution in [0.4, 0.5) is 4.79 Å². The number of nitrogens with one attached hydrogen (secondary N) is 3. The number of H-pyrrole nitrogens is 2. The number of amides is 1. The summed E-state index contributed by atoms with van der Waals surface area (Å²) >= 11 is 0. The van der Waals surface area contributed by atoms with E-state index in [0.717, 1.165) is 83.8 Å². The van der Waals surface area contributed by atoms with Crippen molar-refractivity contribution in [3.63, 3.8) is 0 Å². The van der Waals surface area contributed by atoms with Gasteiger partial charge < -0.3 is 29.9 Å². The van der Waals surface area contributed by atoms with Crippen LogP contribution in [0.2, 0.25) is 0 Å². The van der Waals surface area contributed by atoms with Gasteiger partial charge in [0.05, 0.1) is 54.9 Å². The standard InChI is InChI=1S/C28H32N10O.C4H7NO3/c1-3-15-9-17(11-19(15)27-35-33-23-13-31-25-21(37(23)27)5-7-29-25)39-18-10-16(4-2)20(12-18)28-36-34-24-14-32-26-22(38(24)28)6-8-30-26;6-4(7)5-3-1-8-2-3/h5-8,13-20,29-30H,3-4,9-12H2,1-2H3;3,5H,1-2H2,(H,6,7)/t15-,16-,17+,18+,19+,20+;/m1./s1. The highest BCUT2D eigenvalue weighted by atomic mass is 16.5. The fourth-order valence-electron chi connectivity index (χ4n) is 7.95. The van der Waals surface area contributed by atoms with Gasteiger partial charge in [0.25, 0.3) is 0 Å². The third-order valence-electron chi connectivity index (χ3n) is 10.3. The SMILES string of the molecule is CC[C@@H]1C[C@H](O[C@H]2C[C@@H](CC)[C@@H](c3nnc4cnc5[nH]ccc5n34)C2)C[C@@H]1c1nnc2cnc3[nH]ccc3n12.O=C(O)NC1COC1. The Balaban J connectivity index is 0.000000357. The summed E-state index contributed by atoms with van der Waals surface area (Å²) in [5.41, 5.74) is 5.38. The molecule has 246 valence electrons. The highest BCUT2D eigenvalue weighted by molar-refractivity contribution is 5.75. The second-order valence-corrected chi connectivity index (χ2v) is 13.0. The molecule has 6 atom stereocenters. The van der Waals surface area contributed by atoms with Crippen LogP contribution in [0.1, 0.15) is 75.9 Å². The Morgan fingerprint density at radius 2 is 1.36 bits per heavy atom. The average molecular weight is 642 g/mol. The number of hydrogen-bond donors (Lipinski definition) is 4. The first-order chi connectivity index (χ1) is 23.0. The van der Waals surface area contributed by atoms with Gasteiger partial charge in [-0.3, -0.25) is 8.80 Å². The minimum Gasteiger partial charge on any atom is -0.465 e. The minimum atomic E-state index is -0.974. The zero-order chi connectivity index (χ0) is 32.1. The van der Waals surface area contributed by atoms with Gasteiger partial charge in [-0.2, -0.15) is 0 Å². The molecule has 0 unspecified atom stereocenters. The van der Waals surface area contributed by atoms with Crippen LogP contribution < -0.4 is 5.32 Å². The number of carbonyl (C=O) groups is 1. The predicted molar refractivity (Wildman–Crippen MR) is 171 cm³/mol. The maximum Gasteiger partial charge on any atom is 0.405 e. The van der Waals surface area contributed by atoms with E-state index < -0.39 is 6.09 Å². The van der Waals surface area contributed by atoms with E-state index in [0.29, 0.717) is 36.9 Å². The van der Waals surface area contributed by atoms with Gasteiger partial charge in [-0.05, 0) is 49.7 Å². The molecule has 15 heteroatoms. The molecular formula is C32H39N11O4. The molecule has 47 heavy (non-hydrogen) atoms. The Morgan fingerprint density at radius 3 is 1.77 bits per heavy atom. The third-order valence-corrected chi connectivity index (χ3v) is 10.3. The smallest absolute Gasteiger partial charge is 0.405 e. The summed E-state index contributed by atoms with van der Waals surface area (Å²) in [7, 11) is 0. The second-order valence-electron chi connectivity index (χ2n) is 13.0. The van der Waals surface area contributed by atoms with Gasteiger partial charge in [0, 0.05) is 24.2 Å². The van der Waals surface area contributed by atoms with Crippen LogP contribution in [0.15, 0.2) is 36.9 Å². The first-order valence-electron chi connectivity index (χ1n) is 16.6. The lowest BCUT2D eigenvalue weighted by molar-refractivity contribution is -0.00877. The van der Waals surface area contributed by atoms with Crippen LogP contribution in [0.3, 0.4) is 0 Å². The number of rotatable bonds is 7. The highest BCUT2D eigenvalue weighted by Gasteiger charge is 2.42. The molecule has 3 aliphatic rings. The van der Waals surface area contributed by atoms with Gasteiger partial charge in [-0.25, -0.2) is 14.8 Å². The Labute approximate surface area is 269 Å². The Kier molecular flexibility index (Phi) is 7.72. The number of hydrogen-bond acceptors (Lipinski definition) is 9. The van der Waals surface area contributed by atoms with E-state index in [1.165, 1.54) is 0 Å². The van der Waals surface area contributed by atoms with Crippen molar-refractivity contribution in [1.29, 1.82) is 0 Å². The van der Waals surface area contributed by atoms with Crippen LogP contribution in [0, 0.1) is 11.8 Å². The molecule has 6 aromatic rings. The molecule has 2 saturated carbocycles. The summed E-state index contributed by atoms with van der Waals surface area (Å²) in [6.45, 7) is 5.60. The maximum absolute atomic E-state index is 9.84. The van der Waals surface area contributed by atoms with Crippen molar-refractivity contribution < 1.29 is 19.4 Å². The molecule has 0 aromatic carbocycles. The lowest BCUT2D eigenvalue weighted by Gasteiger charge is -2.25. The molecule has 1 amide bonds. The van der Waals surface area contributed by atoms with Gasteiger partial charge in [-0.15, -0.1) is 20.4 Å². The summed E-state index contributed by atoms with van der Waals surface area (Å²) in [5, 5.41) is 28.6. The van der Waals surface area contributed by atoms with Crippen LogP contribution in [-0.4, -0.2) is 91.8 Å².